The standard InChI is InChI=1S/C13H13BrN4S/c1-8-9(7-16-18(8)2)6-15-13-17-11-5-10(14)3-4-12(11)19-13/h3-5,7H,6H2,1-2H3,(H,15,17). The fourth-order valence-corrected chi connectivity index (χ4v) is 3.06. The summed E-state index contributed by atoms with van der Waals surface area (Å²) in [6, 6.07) is 6.15. The number of hydrogen-bond donors (Lipinski definition) is 1. The van der Waals surface area contributed by atoms with Crippen molar-refractivity contribution in [3.05, 3.63) is 40.1 Å². The van der Waals surface area contributed by atoms with Gasteiger partial charge in [0.2, 0.25) is 0 Å². The minimum absolute atomic E-state index is 0.751. The molecular weight excluding hydrogens is 324 g/mol. The lowest BCUT2D eigenvalue weighted by Crippen LogP contribution is -2.00. The van der Waals surface area contributed by atoms with Crippen molar-refractivity contribution in [3.8, 4) is 0 Å². The topological polar surface area (TPSA) is 42.7 Å². The molecule has 0 aliphatic rings. The molecule has 2 aromatic heterocycles. The van der Waals surface area contributed by atoms with Crippen molar-refractivity contribution in [2.75, 3.05) is 5.32 Å². The average molecular weight is 337 g/mol. The number of anilines is 1. The van der Waals surface area contributed by atoms with E-state index in [-0.39, 0.29) is 0 Å². The molecule has 0 unspecified atom stereocenters. The van der Waals surface area contributed by atoms with Gasteiger partial charge >= 0.3 is 0 Å². The molecule has 2 heterocycles. The smallest absolute Gasteiger partial charge is 0.184 e. The van der Waals surface area contributed by atoms with E-state index in [0.717, 1.165) is 21.7 Å². The summed E-state index contributed by atoms with van der Waals surface area (Å²) in [4.78, 5) is 4.58. The zero-order valence-electron chi connectivity index (χ0n) is 10.6. The van der Waals surface area contributed by atoms with Gasteiger partial charge in [-0.05, 0) is 25.1 Å². The molecule has 0 saturated carbocycles. The lowest BCUT2D eigenvalue weighted by Gasteiger charge is -2.01. The van der Waals surface area contributed by atoms with E-state index in [9.17, 15) is 0 Å². The van der Waals surface area contributed by atoms with Crippen LogP contribution in [0.3, 0.4) is 0 Å². The van der Waals surface area contributed by atoms with Crippen LogP contribution in [0, 0.1) is 6.92 Å². The van der Waals surface area contributed by atoms with E-state index in [4.69, 9.17) is 0 Å². The minimum atomic E-state index is 0.751. The summed E-state index contributed by atoms with van der Waals surface area (Å²) in [6.07, 6.45) is 1.90. The van der Waals surface area contributed by atoms with E-state index >= 15 is 0 Å². The molecule has 0 aliphatic carbocycles. The second-order valence-electron chi connectivity index (χ2n) is 4.36. The fraction of sp³-hybridized carbons (Fsp3) is 0.231. The van der Waals surface area contributed by atoms with Crippen LogP contribution in [0.5, 0.6) is 0 Å². The summed E-state index contributed by atoms with van der Waals surface area (Å²) in [5, 5.41) is 8.54. The van der Waals surface area contributed by atoms with Gasteiger partial charge in [0.1, 0.15) is 0 Å². The molecule has 4 nitrogen and oxygen atoms in total. The predicted molar refractivity (Wildman–Crippen MR) is 82.6 cm³/mol. The molecule has 0 spiro atoms. The molecule has 1 aromatic carbocycles. The highest BCUT2D eigenvalue weighted by Crippen LogP contribution is 2.28. The highest BCUT2D eigenvalue weighted by molar-refractivity contribution is 9.10. The summed E-state index contributed by atoms with van der Waals surface area (Å²) in [7, 11) is 1.95. The molecule has 0 amide bonds. The quantitative estimate of drug-likeness (QED) is 0.792. The first-order chi connectivity index (χ1) is 9.13. The second-order valence-corrected chi connectivity index (χ2v) is 6.31. The van der Waals surface area contributed by atoms with E-state index in [1.165, 1.54) is 16.0 Å². The maximum Gasteiger partial charge on any atom is 0.184 e. The van der Waals surface area contributed by atoms with Crippen LogP contribution >= 0.6 is 27.3 Å². The van der Waals surface area contributed by atoms with Gasteiger partial charge < -0.3 is 5.32 Å². The molecule has 3 aromatic rings. The van der Waals surface area contributed by atoms with E-state index in [2.05, 4.69) is 44.3 Å². The molecule has 0 atom stereocenters. The molecule has 1 N–H and O–H groups in total. The number of thiazole rings is 1. The number of hydrogen-bond acceptors (Lipinski definition) is 4. The number of nitrogens with one attached hydrogen (secondary N) is 1. The third-order valence-corrected chi connectivity index (χ3v) is 4.60. The van der Waals surface area contributed by atoms with E-state index < -0.39 is 0 Å². The van der Waals surface area contributed by atoms with E-state index in [1.807, 2.05) is 30.1 Å². The first-order valence-electron chi connectivity index (χ1n) is 5.91. The predicted octanol–water partition coefficient (Wildman–Crippen LogP) is 3.71. The maximum atomic E-state index is 4.58. The number of aromatic nitrogens is 3. The molecule has 0 bridgehead atoms. The van der Waals surface area contributed by atoms with Crippen molar-refractivity contribution in [1.82, 2.24) is 14.8 Å². The first kappa shape index (κ1) is 12.6. The molecular formula is C13H13BrN4S. The highest BCUT2D eigenvalue weighted by Gasteiger charge is 2.06. The van der Waals surface area contributed by atoms with Crippen molar-refractivity contribution in [1.29, 1.82) is 0 Å². The van der Waals surface area contributed by atoms with Gasteiger partial charge in [-0.25, -0.2) is 4.98 Å². The van der Waals surface area contributed by atoms with Crippen molar-refractivity contribution in [2.24, 2.45) is 7.05 Å². The Morgan fingerprint density at radius 3 is 3.00 bits per heavy atom. The number of rotatable bonds is 3. The van der Waals surface area contributed by atoms with Crippen molar-refractivity contribution < 1.29 is 0 Å². The van der Waals surface area contributed by atoms with Crippen LogP contribution in [0.4, 0.5) is 5.13 Å². The number of benzene rings is 1. The summed E-state index contributed by atoms with van der Waals surface area (Å²) < 4.78 is 4.13. The molecule has 0 saturated heterocycles. The molecule has 0 aliphatic heterocycles. The lowest BCUT2D eigenvalue weighted by molar-refractivity contribution is 0.738. The summed E-state index contributed by atoms with van der Waals surface area (Å²) >= 11 is 5.13. The average Bonchev–Trinajstić information content (AvgIpc) is 2.92. The minimum Gasteiger partial charge on any atom is -0.357 e. The van der Waals surface area contributed by atoms with Crippen LogP contribution in [0.15, 0.2) is 28.9 Å². The van der Waals surface area contributed by atoms with Crippen LogP contribution in [-0.4, -0.2) is 14.8 Å². The Labute approximate surface area is 123 Å². The third-order valence-electron chi connectivity index (χ3n) is 3.12. The molecule has 19 heavy (non-hydrogen) atoms. The Morgan fingerprint density at radius 2 is 2.26 bits per heavy atom. The van der Waals surface area contributed by atoms with Crippen molar-refractivity contribution in [3.63, 3.8) is 0 Å². The maximum absolute atomic E-state index is 4.58. The molecule has 98 valence electrons. The summed E-state index contributed by atoms with van der Waals surface area (Å²) in [6.45, 7) is 2.82. The van der Waals surface area contributed by atoms with Gasteiger partial charge in [-0.1, -0.05) is 27.3 Å². The van der Waals surface area contributed by atoms with Gasteiger partial charge in [-0.3, -0.25) is 4.68 Å². The normalized spacial score (nSPS) is 11.1. The van der Waals surface area contributed by atoms with Crippen LogP contribution in [0.2, 0.25) is 0 Å². The van der Waals surface area contributed by atoms with Crippen LogP contribution in [-0.2, 0) is 13.6 Å². The lowest BCUT2D eigenvalue weighted by atomic mass is 10.2. The van der Waals surface area contributed by atoms with Gasteiger partial charge in [0, 0.05) is 29.3 Å². The Kier molecular flexibility index (Phi) is 3.28. The Hall–Kier alpha value is -1.40. The summed E-state index contributed by atoms with van der Waals surface area (Å²) in [5.41, 5.74) is 3.39. The second kappa shape index (κ2) is 4.94. The Morgan fingerprint density at radius 1 is 1.42 bits per heavy atom. The monoisotopic (exact) mass is 336 g/mol. The zero-order chi connectivity index (χ0) is 13.4. The van der Waals surface area contributed by atoms with Crippen LogP contribution in [0.25, 0.3) is 10.2 Å². The number of nitrogens with zero attached hydrogens (tertiary/aromatic N) is 3. The van der Waals surface area contributed by atoms with E-state index in [1.54, 1.807) is 11.3 Å². The van der Waals surface area contributed by atoms with Gasteiger partial charge in [0.15, 0.2) is 5.13 Å². The molecule has 6 heteroatoms. The summed E-state index contributed by atoms with van der Waals surface area (Å²) in [5.74, 6) is 0. The largest absolute Gasteiger partial charge is 0.357 e. The van der Waals surface area contributed by atoms with Crippen molar-refractivity contribution in [2.45, 2.75) is 13.5 Å². The van der Waals surface area contributed by atoms with Crippen molar-refractivity contribution >= 4 is 42.6 Å². The molecule has 3 rings (SSSR count). The highest BCUT2D eigenvalue weighted by atomic mass is 79.9. The van der Waals surface area contributed by atoms with Gasteiger partial charge in [-0.2, -0.15) is 5.10 Å². The fourth-order valence-electron chi connectivity index (χ4n) is 1.86. The van der Waals surface area contributed by atoms with Gasteiger partial charge in [-0.15, -0.1) is 0 Å². The van der Waals surface area contributed by atoms with Crippen LogP contribution < -0.4 is 5.32 Å². The van der Waals surface area contributed by atoms with E-state index in [0.29, 0.717) is 0 Å². The van der Waals surface area contributed by atoms with Crippen LogP contribution in [0.1, 0.15) is 11.3 Å². The first-order valence-corrected chi connectivity index (χ1v) is 7.52. The van der Waals surface area contributed by atoms with Gasteiger partial charge in [0.25, 0.3) is 0 Å². The van der Waals surface area contributed by atoms with Gasteiger partial charge in [0.05, 0.1) is 16.4 Å². The molecule has 0 radical (unpaired) electrons. The Bertz CT molecular complexity index is 731. The Balaban J connectivity index is 1.80. The molecule has 0 fully saturated rings. The third kappa shape index (κ3) is 2.50. The zero-order valence-corrected chi connectivity index (χ0v) is 13.0. The number of halogens is 1. The number of aryl methyl sites for hydroxylation is 1. The number of fused-ring (bicyclic) bond motifs is 1. The SMILES string of the molecule is Cc1c(CNc2nc3cc(Br)ccc3s2)cnn1C.